The Morgan fingerprint density at radius 3 is 2.38 bits per heavy atom. The van der Waals surface area contributed by atoms with Crippen molar-refractivity contribution in [2.75, 3.05) is 23.1 Å². The molecule has 0 bridgehead atoms. The minimum atomic E-state index is -0.771. The highest BCUT2D eigenvalue weighted by Gasteiger charge is 2.22. The standard InChI is InChI=1S/C23H23ClN4O3S/c1-15(2)28(18-11-9-17(10-12-18)26-16-7-5-4-6-8-16)20(29)14-31-22(30)21-19(24)13-25-23(27-21)32-3/h4-13,15,26H,14H2,1-3H3. The van der Waals surface area contributed by atoms with E-state index in [9.17, 15) is 9.59 Å². The first kappa shape index (κ1) is 23.6. The Bertz CT molecular complexity index is 1080. The van der Waals surface area contributed by atoms with E-state index in [1.54, 1.807) is 11.2 Å². The molecule has 0 aliphatic heterocycles. The van der Waals surface area contributed by atoms with Crippen molar-refractivity contribution in [1.29, 1.82) is 0 Å². The number of amides is 1. The lowest BCUT2D eigenvalue weighted by atomic mass is 10.2. The van der Waals surface area contributed by atoms with Crippen molar-refractivity contribution >= 4 is 52.3 Å². The van der Waals surface area contributed by atoms with Crippen molar-refractivity contribution in [2.24, 2.45) is 0 Å². The molecule has 3 aromatic rings. The predicted molar refractivity (Wildman–Crippen MR) is 128 cm³/mol. The molecule has 1 heterocycles. The first-order valence-corrected chi connectivity index (χ1v) is 11.5. The van der Waals surface area contributed by atoms with E-state index >= 15 is 0 Å². The molecule has 0 spiro atoms. The minimum Gasteiger partial charge on any atom is -0.451 e. The molecule has 0 atom stereocenters. The summed E-state index contributed by atoms with van der Waals surface area (Å²) in [5, 5.41) is 3.76. The molecule has 0 aliphatic rings. The Labute approximate surface area is 196 Å². The number of hydrogen-bond acceptors (Lipinski definition) is 7. The average molecular weight is 471 g/mol. The van der Waals surface area contributed by atoms with Crippen molar-refractivity contribution < 1.29 is 14.3 Å². The van der Waals surface area contributed by atoms with Gasteiger partial charge in [-0.1, -0.05) is 41.6 Å². The van der Waals surface area contributed by atoms with Gasteiger partial charge in [-0.15, -0.1) is 0 Å². The van der Waals surface area contributed by atoms with Gasteiger partial charge in [0.05, 0.1) is 11.2 Å². The van der Waals surface area contributed by atoms with E-state index in [4.69, 9.17) is 16.3 Å². The van der Waals surface area contributed by atoms with Gasteiger partial charge in [0, 0.05) is 23.1 Å². The minimum absolute atomic E-state index is 0.0637. The Hall–Kier alpha value is -3.10. The predicted octanol–water partition coefficient (Wildman–Crippen LogP) is 5.19. The maximum atomic E-state index is 12.9. The fraction of sp³-hybridized carbons (Fsp3) is 0.217. The van der Waals surface area contributed by atoms with Crippen LogP contribution in [0.3, 0.4) is 0 Å². The number of halogens is 1. The van der Waals surface area contributed by atoms with Crippen molar-refractivity contribution in [3.05, 3.63) is 71.5 Å². The van der Waals surface area contributed by atoms with Crippen LogP contribution in [0.15, 0.2) is 66.0 Å². The Kier molecular flexibility index (Phi) is 8.08. The number of rotatable bonds is 8. The van der Waals surface area contributed by atoms with Crippen LogP contribution in [0.5, 0.6) is 0 Å². The summed E-state index contributed by atoms with van der Waals surface area (Å²) >= 11 is 7.28. The summed E-state index contributed by atoms with van der Waals surface area (Å²) in [5.41, 5.74) is 2.50. The zero-order valence-electron chi connectivity index (χ0n) is 17.9. The van der Waals surface area contributed by atoms with E-state index in [0.29, 0.717) is 10.8 Å². The molecule has 32 heavy (non-hydrogen) atoms. The first-order chi connectivity index (χ1) is 15.4. The molecule has 2 aromatic carbocycles. The highest BCUT2D eigenvalue weighted by molar-refractivity contribution is 7.98. The quantitative estimate of drug-likeness (QED) is 0.275. The van der Waals surface area contributed by atoms with E-state index < -0.39 is 12.6 Å². The fourth-order valence-electron chi connectivity index (χ4n) is 2.98. The molecule has 0 saturated heterocycles. The van der Waals surface area contributed by atoms with Crippen molar-refractivity contribution in [1.82, 2.24) is 9.97 Å². The van der Waals surface area contributed by atoms with Crippen LogP contribution < -0.4 is 10.2 Å². The highest BCUT2D eigenvalue weighted by Crippen LogP contribution is 2.23. The molecule has 0 radical (unpaired) electrons. The Morgan fingerprint density at radius 1 is 1.09 bits per heavy atom. The maximum Gasteiger partial charge on any atom is 0.359 e. The maximum absolute atomic E-state index is 12.9. The molecule has 9 heteroatoms. The van der Waals surface area contributed by atoms with Gasteiger partial charge >= 0.3 is 5.97 Å². The summed E-state index contributed by atoms with van der Waals surface area (Å²) < 4.78 is 5.20. The van der Waals surface area contributed by atoms with Gasteiger partial charge < -0.3 is 15.0 Å². The van der Waals surface area contributed by atoms with Crippen LogP contribution in [0.4, 0.5) is 17.1 Å². The van der Waals surface area contributed by atoms with Crippen molar-refractivity contribution in [3.8, 4) is 0 Å². The summed E-state index contributed by atoms with van der Waals surface area (Å²) in [6.45, 7) is 3.35. The number of aromatic nitrogens is 2. The van der Waals surface area contributed by atoms with Crippen LogP contribution in [0, 0.1) is 0 Å². The molecule has 0 unspecified atom stereocenters. The number of carbonyl (C=O) groups excluding carboxylic acids is 2. The van der Waals surface area contributed by atoms with Gasteiger partial charge in [0.15, 0.2) is 17.5 Å². The zero-order valence-corrected chi connectivity index (χ0v) is 19.5. The second kappa shape index (κ2) is 11.0. The third-order valence-corrected chi connectivity index (χ3v) is 5.26. The monoisotopic (exact) mass is 470 g/mol. The molecular weight excluding hydrogens is 448 g/mol. The van der Waals surface area contributed by atoms with Crippen LogP contribution in [-0.2, 0) is 9.53 Å². The van der Waals surface area contributed by atoms with Gasteiger partial charge in [-0.25, -0.2) is 14.8 Å². The van der Waals surface area contributed by atoms with Gasteiger partial charge in [0.1, 0.15) is 0 Å². The number of hydrogen-bond donors (Lipinski definition) is 1. The number of ether oxygens (including phenoxy) is 1. The summed E-state index contributed by atoms with van der Waals surface area (Å²) in [4.78, 5) is 34.9. The Morgan fingerprint density at radius 2 is 1.75 bits per heavy atom. The average Bonchev–Trinajstić information content (AvgIpc) is 2.79. The summed E-state index contributed by atoms with van der Waals surface area (Å²) in [6.07, 6.45) is 3.12. The summed E-state index contributed by atoms with van der Waals surface area (Å²) in [7, 11) is 0. The van der Waals surface area contributed by atoms with Crippen LogP contribution >= 0.6 is 23.4 Å². The molecule has 1 amide bonds. The summed E-state index contributed by atoms with van der Waals surface area (Å²) in [5.74, 6) is -1.13. The second-order valence-electron chi connectivity index (χ2n) is 7.02. The van der Waals surface area contributed by atoms with Crippen LogP contribution in [0.2, 0.25) is 5.02 Å². The molecule has 0 fully saturated rings. The summed E-state index contributed by atoms with van der Waals surface area (Å²) in [6, 6.07) is 17.1. The number of thioether (sulfide) groups is 1. The Balaban J connectivity index is 1.67. The van der Waals surface area contributed by atoms with Gasteiger partial charge in [-0.05, 0) is 56.5 Å². The molecular formula is C23H23ClN4O3S. The number of carbonyl (C=O) groups is 2. The van der Waals surface area contributed by atoms with Gasteiger partial charge in [-0.2, -0.15) is 0 Å². The number of benzene rings is 2. The van der Waals surface area contributed by atoms with Crippen LogP contribution in [0.25, 0.3) is 0 Å². The highest BCUT2D eigenvalue weighted by atomic mass is 35.5. The largest absolute Gasteiger partial charge is 0.451 e. The zero-order chi connectivity index (χ0) is 23.1. The fourth-order valence-corrected chi connectivity index (χ4v) is 3.49. The van der Waals surface area contributed by atoms with Crippen molar-refractivity contribution in [2.45, 2.75) is 25.0 Å². The van der Waals surface area contributed by atoms with Crippen molar-refractivity contribution in [3.63, 3.8) is 0 Å². The molecule has 166 valence electrons. The molecule has 7 nitrogen and oxygen atoms in total. The van der Waals surface area contributed by atoms with E-state index in [1.165, 1.54) is 18.0 Å². The number of esters is 1. The molecule has 0 saturated carbocycles. The normalized spacial score (nSPS) is 10.7. The smallest absolute Gasteiger partial charge is 0.359 e. The number of para-hydroxylation sites is 1. The second-order valence-corrected chi connectivity index (χ2v) is 8.21. The lowest BCUT2D eigenvalue weighted by Crippen LogP contribution is -2.40. The van der Waals surface area contributed by atoms with Gasteiger partial charge in [-0.3, -0.25) is 4.79 Å². The topological polar surface area (TPSA) is 84.4 Å². The van der Waals surface area contributed by atoms with E-state index in [1.807, 2.05) is 68.4 Å². The van der Waals surface area contributed by atoms with E-state index in [-0.39, 0.29) is 22.7 Å². The lowest BCUT2D eigenvalue weighted by molar-refractivity contribution is -0.122. The molecule has 1 N–H and O–H groups in total. The lowest BCUT2D eigenvalue weighted by Gasteiger charge is -2.27. The van der Waals surface area contributed by atoms with Crippen LogP contribution in [0.1, 0.15) is 24.3 Å². The first-order valence-electron chi connectivity index (χ1n) is 9.87. The SMILES string of the molecule is CSc1ncc(Cl)c(C(=O)OCC(=O)N(c2ccc(Nc3ccccc3)cc2)C(C)C)n1. The van der Waals surface area contributed by atoms with E-state index in [2.05, 4.69) is 15.3 Å². The number of nitrogens with zero attached hydrogens (tertiary/aromatic N) is 3. The van der Waals surface area contributed by atoms with Gasteiger partial charge in [0.25, 0.3) is 5.91 Å². The van der Waals surface area contributed by atoms with Gasteiger partial charge in [0.2, 0.25) is 0 Å². The third kappa shape index (κ3) is 5.99. The molecule has 0 aliphatic carbocycles. The van der Waals surface area contributed by atoms with Crippen LogP contribution in [-0.4, -0.2) is 40.7 Å². The number of nitrogens with one attached hydrogen (secondary N) is 1. The van der Waals surface area contributed by atoms with E-state index in [0.717, 1.165) is 11.4 Å². The molecule has 1 aromatic heterocycles. The number of anilines is 3. The molecule has 3 rings (SSSR count). The third-order valence-electron chi connectivity index (χ3n) is 4.42.